The Labute approximate surface area is 140 Å². The van der Waals surface area contributed by atoms with Crippen molar-refractivity contribution in [1.29, 1.82) is 0 Å². The molecule has 0 spiro atoms. The van der Waals surface area contributed by atoms with Crippen LogP contribution in [0.15, 0.2) is 42.7 Å². The predicted octanol–water partition coefficient (Wildman–Crippen LogP) is 2.53. The summed E-state index contributed by atoms with van der Waals surface area (Å²) in [5, 5.41) is 14.2. The summed E-state index contributed by atoms with van der Waals surface area (Å²) in [7, 11) is 0. The lowest BCUT2D eigenvalue weighted by Gasteiger charge is -2.30. The molecule has 4 rings (SSSR count). The SMILES string of the molecule is OC1CCN(c2ccnc(NCc3cccc4[nH]ccc34)n2)CC1. The zero-order chi connectivity index (χ0) is 16.4. The minimum absolute atomic E-state index is 0.178. The van der Waals surface area contributed by atoms with E-state index in [4.69, 9.17) is 0 Å². The zero-order valence-corrected chi connectivity index (χ0v) is 13.4. The van der Waals surface area contributed by atoms with Crippen molar-refractivity contribution >= 4 is 22.7 Å². The highest BCUT2D eigenvalue weighted by Crippen LogP contribution is 2.20. The first-order chi connectivity index (χ1) is 11.8. The molecule has 6 heteroatoms. The van der Waals surface area contributed by atoms with Crippen LogP contribution in [0.2, 0.25) is 0 Å². The van der Waals surface area contributed by atoms with Crippen LogP contribution in [-0.4, -0.2) is 39.3 Å². The van der Waals surface area contributed by atoms with E-state index < -0.39 is 0 Å². The molecule has 0 amide bonds. The fourth-order valence-corrected chi connectivity index (χ4v) is 3.18. The van der Waals surface area contributed by atoms with Gasteiger partial charge in [-0.05, 0) is 36.6 Å². The van der Waals surface area contributed by atoms with Gasteiger partial charge in [0.15, 0.2) is 0 Å². The molecule has 0 aliphatic carbocycles. The van der Waals surface area contributed by atoms with Crippen LogP contribution >= 0.6 is 0 Å². The molecule has 24 heavy (non-hydrogen) atoms. The number of aliphatic hydroxyl groups is 1. The lowest BCUT2D eigenvalue weighted by molar-refractivity contribution is 0.145. The van der Waals surface area contributed by atoms with E-state index in [1.807, 2.05) is 18.3 Å². The van der Waals surface area contributed by atoms with Crippen molar-refractivity contribution in [2.45, 2.75) is 25.5 Å². The third kappa shape index (κ3) is 3.05. The first-order valence-electron chi connectivity index (χ1n) is 8.34. The van der Waals surface area contributed by atoms with E-state index in [0.29, 0.717) is 12.5 Å². The normalized spacial score (nSPS) is 15.8. The van der Waals surface area contributed by atoms with Crippen molar-refractivity contribution in [1.82, 2.24) is 15.0 Å². The molecular formula is C18H21N5O. The highest BCUT2D eigenvalue weighted by atomic mass is 16.3. The zero-order valence-electron chi connectivity index (χ0n) is 13.4. The molecule has 1 aliphatic heterocycles. The molecular weight excluding hydrogens is 302 g/mol. The van der Waals surface area contributed by atoms with Crippen LogP contribution in [0.5, 0.6) is 0 Å². The number of aromatic amines is 1. The van der Waals surface area contributed by atoms with E-state index in [1.54, 1.807) is 6.20 Å². The number of hydrogen-bond acceptors (Lipinski definition) is 5. The number of hydrogen-bond donors (Lipinski definition) is 3. The van der Waals surface area contributed by atoms with Gasteiger partial charge in [-0.25, -0.2) is 4.98 Å². The Hall–Kier alpha value is -2.60. The maximum Gasteiger partial charge on any atom is 0.224 e. The third-order valence-corrected chi connectivity index (χ3v) is 4.55. The van der Waals surface area contributed by atoms with Crippen molar-refractivity contribution in [2.75, 3.05) is 23.3 Å². The summed E-state index contributed by atoms with van der Waals surface area (Å²) in [5.41, 5.74) is 2.35. The van der Waals surface area contributed by atoms with Crippen LogP contribution in [0.3, 0.4) is 0 Å². The van der Waals surface area contributed by atoms with Crippen molar-refractivity contribution in [3.8, 4) is 0 Å². The number of aliphatic hydroxyl groups excluding tert-OH is 1. The Morgan fingerprint density at radius 1 is 1.21 bits per heavy atom. The minimum Gasteiger partial charge on any atom is -0.393 e. The number of piperidine rings is 1. The van der Waals surface area contributed by atoms with Crippen LogP contribution < -0.4 is 10.2 Å². The lowest BCUT2D eigenvalue weighted by atomic mass is 10.1. The number of anilines is 2. The largest absolute Gasteiger partial charge is 0.393 e. The van der Waals surface area contributed by atoms with Crippen LogP contribution in [0.4, 0.5) is 11.8 Å². The van der Waals surface area contributed by atoms with E-state index in [9.17, 15) is 5.11 Å². The highest BCUT2D eigenvalue weighted by molar-refractivity contribution is 5.83. The lowest BCUT2D eigenvalue weighted by Crippen LogP contribution is -2.36. The molecule has 3 heterocycles. The predicted molar refractivity (Wildman–Crippen MR) is 95.1 cm³/mol. The number of fused-ring (bicyclic) bond motifs is 1. The van der Waals surface area contributed by atoms with Gasteiger partial charge in [0, 0.05) is 42.9 Å². The van der Waals surface area contributed by atoms with Gasteiger partial charge in [0.05, 0.1) is 6.10 Å². The van der Waals surface area contributed by atoms with Crippen LogP contribution in [0, 0.1) is 0 Å². The van der Waals surface area contributed by atoms with Gasteiger partial charge in [-0.2, -0.15) is 4.98 Å². The van der Waals surface area contributed by atoms with Gasteiger partial charge in [-0.15, -0.1) is 0 Å². The molecule has 1 aromatic carbocycles. The van der Waals surface area contributed by atoms with Crippen LogP contribution in [-0.2, 0) is 6.54 Å². The second-order valence-corrected chi connectivity index (χ2v) is 6.17. The second kappa shape index (κ2) is 6.49. The number of rotatable bonds is 4. The minimum atomic E-state index is -0.178. The first kappa shape index (κ1) is 15.0. The van der Waals surface area contributed by atoms with Gasteiger partial charge in [-0.1, -0.05) is 12.1 Å². The van der Waals surface area contributed by atoms with E-state index in [-0.39, 0.29) is 6.10 Å². The molecule has 0 saturated carbocycles. The third-order valence-electron chi connectivity index (χ3n) is 4.55. The number of nitrogens with zero attached hydrogens (tertiary/aromatic N) is 3. The number of benzene rings is 1. The number of aromatic nitrogens is 3. The number of H-pyrrole nitrogens is 1. The smallest absolute Gasteiger partial charge is 0.224 e. The summed E-state index contributed by atoms with van der Waals surface area (Å²) in [4.78, 5) is 14.4. The molecule has 0 bridgehead atoms. The fourth-order valence-electron chi connectivity index (χ4n) is 3.18. The van der Waals surface area contributed by atoms with E-state index in [0.717, 1.165) is 37.3 Å². The standard InChI is InChI=1S/C18H21N5O/c24-14-6-10-23(11-7-14)17-5-9-20-18(22-17)21-12-13-2-1-3-16-15(13)4-8-19-16/h1-5,8-9,14,19,24H,6-7,10-12H2,(H,20,21,22). The van der Waals surface area contributed by atoms with Crippen LogP contribution in [0.1, 0.15) is 18.4 Å². The summed E-state index contributed by atoms with van der Waals surface area (Å²) in [6, 6.07) is 10.2. The van der Waals surface area contributed by atoms with E-state index in [1.165, 1.54) is 10.9 Å². The monoisotopic (exact) mass is 323 g/mol. The van der Waals surface area contributed by atoms with Gasteiger partial charge in [0.2, 0.25) is 5.95 Å². The Kier molecular flexibility index (Phi) is 4.04. The summed E-state index contributed by atoms with van der Waals surface area (Å²) >= 11 is 0. The Balaban J connectivity index is 1.47. The quantitative estimate of drug-likeness (QED) is 0.688. The average molecular weight is 323 g/mol. The Morgan fingerprint density at radius 3 is 2.96 bits per heavy atom. The van der Waals surface area contributed by atoms with Crippen molar-refractivity contribution in [2.24, 2.45) is 0 Å². The molecule has 0 radical (unpaired) electrons. The van der Waals surface area contributed by atoms with E-state index >= 15 is 0 Å². The summed E-state index contributed by atoms with van der Waals surface area (Å²) in [6.07, 6.45) is 5.15. The van der Waals surface area contributed by atoms with Crippen molar-refractivity contribution in [3.63, 3.8) is 0 Å². The molecule has 0 unspecified atom stereocenters. The van der Waals surface area contributed by atoms with E-state index in [2.05, 4.69) is 43.4 Å². The van der Waals surface area contributed by atoms with Crippen LogP contribution in [0.25, 0.3) is 10.9 Å². The fraction of sp³-hybridized carbons (Fsp3) is 0.333. The van der Waals surface area contributed by atoms with Gasteiger partial charge in [0.1, 0.15) is 5.82 Å². The molecule has 124 valence electrons. The molecule has 2 aromatic heterocycles. The molecule has 3 N–H and O–H groups in total. The average Bonchev–Trinajstić information content (AvgIpc) is 3.10. The first-order valence-corrected chi connectivity index (χ1v) is 8.34. The molecule has 1 saturated heterocycles. The Bertz CT molecular complexity index is 823. The summed E-state index contributed by atoms with van der Waals surface area (Å²) in [6.45, 7) is 2.35. The highest BCUT2D eigenvalue weighted by Gasteiger charge is 2.18. The summed E-state index contributed by atoms with van der Waals surface area (Å²) in [5.74, 6) is 1.55. The summed E-state index contributed by atoms with van der Waals surface area (Å²) < 4.78 is 0. The van der Waals surface area contributed by atoms with Gasteiger partial charge in [-0.3, -0.25) is 0 Å². The van der Waals surface area contributed by atoms with Gasteiger partial charge < -0.3 is 20.3 Å². The molecule has 1 fully saturated rings. The maximum atomic E-state index is 9.63. The molecule has 6 nitrogen and oxygen atoms in total. The van der Waals surface area contributed by atoms with Gasteiger partial charge >= 0.3 is 0 Å². The maximum absolute atomic E-state index is 9.63. The van der Waals surface area contributed by atoms with Crippen molar-refractivity contribution in [3.05, 3.63) is 48.3 Å². The van der Waals surface area contributed by atoms with Crippen molar-refractivity contribution < 1.29 is 5.11 Å². The van der Waals surface area contributed by atoms with Gasteiger partial charge in [0.25, 0.3) is 0 Å². The second-order valence-electron chi connectivity index (χ2n) is 6.17. The molecule has 1 aliphatic rings. The molecule has 0 atom stereocenters. The Morgan fingerprint density at radius 2 is 2.08 bits per heavy atom. The topological polar surface area (TPSA) is 77.1 Å². The molecule has 3 aromatic rings. The number of nitrogens with one attached hydrogen (secondary N) is 2.